The average molecular weight is 523 g/mol. The van der Waals surface area contributed by atoms with Crippen molar-refractivity contribution < 1.29 is 19.1 Å². The minimum atomic E-state index is -0.221. The van der Waals surface area contributed by atoms with Crippen LogP contribution in [0.2, 0.25) is 0 Å². The minimum Gasteiger partial charge on any atom is -0.507 e. The van der Waals surface area contributed by atoms with E-state index in [-0.39, 0.29) is 47.2 Å². The number of aromatic hydroxyl groups is 1. The summed E-state index contributed by atoms with van der Waals surface area (Å²) in [5.41, 5.74) is 8.95. The van der Waals surface area contributed by atoms with Gasteiger partial charge < -0.3 is 30.8 Å². The van der Waals surface area contributed by atoms with E-state index in [0.717, 1.165) is 0 Å². The molecule has 4 aromatic rings. The zero-order chi connectivity index (χ0) is 27.4. The fourth-order valence-electron chi connectivity index (χ4n) is 4.64. The van der Waals surface area contributed by atoms with Gasteiger partial charge in [-0.05, 0) is 48.0 Å². The molecule has 1 unspecified atom stereocenters. The lowest BCUT2D eigenvalue weighted by Crippen LogP contribution is -2.53. The number of hydrogen-bond donors (Lipinski definition) is 4. The number of nitriles is 1. The van der Waals surface area contributed by atoms with Gasteiger partial charge in [-0.3, -0.25) is 9.59 Å². The van der Waals surface area contributed by atoms with Crippen LogP contribution in [0.4, 0.5) is 11.5 Å². The van der Waals surface area contributed by atoms with Crippen LogP contribution < -0.4 is 16.4 Å². The predicted octanol–water partition coefficient (Wildman–Crippen LogP) is 3.61. The molecule has 10 heteroatoms. The Balaban J connectivity index is 1.32. The molecular formula is C29H26N6O4. The van der Waals surface area contributed by atoms with Crippen molar-refractivity contribution in [2.45, 2.75) is 12.5 Å². The molecule has 2 aromatic carbocycles. The van der Waals surface area contributed by atoms with Crippen LogP contribution in [0.15, 0.2) is 77.4 Å². The number of phenolic OH excluding ortho intramolecular Hbond substituents is 1. The molecule has 1 fully saturated rings. The maximum Gasteiger partial charge on any atom is 0.289 e. The standard InChI is InChI=1S/C29H26N6O4/c30-16-23-22(15-24(34-28(23)31)21-7-1-2-8-25(21)36)18-5-3-6-19(13-18)33-27(37)14-20-17-35(11-10-32-20)29(38)26-9-4-12-39-26/h1-9,12-13,15,20,32,36H,10-11,14,17H2,(H2,31,34)(H,33,37). The van der Waals surface area contributed by atoms with Crippen molar-refractivity contribution in [3.63, 3.8) is 0 Å². The molecule has 1 saturated heterocycles. The maximum atomic E-state index is 12.9. The third-order valence-electron chi connectivity index (χ3n) is 6.50. The number of benzene rings is 2. The molecular weight excluding hydrogens is 496 g/mol. The molecule has 0 aliphatic carbocycles. The number of nitrogens with zero attached hydrogens (tertiary/aromatic N) is 3. The molecule has 1 atom stereocenters. The fourth-order valence-corrected chi connectivity index (χ4v) is 4.64. The number of carbonyl (C=O) groups is 2. The van der Waals surface area contributed by atoms with Gasteiger partial charge in [-0.2, -0.15) is 5.26 Å². The van der Waals surface area contributed by atoms with E-state index in [1.807, 2.05) is 0 Å². The van der Waals surface area contributed by atoms with Crippen LogP contribution in [0.1, 0.15) is 22.5 Å². The molecule has 2 aromatic heterocycles. The number of piperazine rings is 1. The van der Waals surface area contributed by atoms with E-state index < -0.39 is 0 Å². The van der Waals surface area contributed by atoms with Gasteiger partial charge in [-0.25, -0.2) is 4.98 Å². The summed E-state index contributed by atoms with van der Waals surface area (Å²) in [4.78, 5) is 31.5. The number of anilines is 2. The zero-order valence-corrected chi connectivity index (χ0v) is 20.9. The molecule has 3 heterocycles. The molecule has 39 heavy (non-hydrogen) atoms. The van der Waals surface area contributed by atoms with E-state index in [2.05, 4.69) is 21.7 Å². The van der Waals surface area contributed by atoms with Gasteiger partial charge in [0.15, 0.2) is 5.76 Å². The number of hydrogen-bond acceptors (Lipinski definition) is 8. The molecule has 0 saturated carbocycles. The summed E-state index contributed by atoms with van der Waals surface area (Å²) in [6, 6.07) is 20.7. The SMILES string of the molecule is N#Cc1c(-c2cccc(NC(=O)CC3CN(C(=O)c4ccco4)CCN3)c2)cc(-c2ccccc2O)nc1N. The van der Waals surface area contributed by atoms with Gasteiger partial charge in [0.1, 0.15) is 23.2 Å². The van der Waals surface area contributed by atoms with Gasteiger partial charge in [0.2, 0.25) is 5.91 Å². The number of phenols is 1. The third-order valence-corrected chi connectivity index (χ3v) is 6.50. The van der Waals surface area contributed by atoms with Gasteiger partial charge in [0.25, 0.3) is 5.91 Å². The first kappa shape index (κ1) is 25.5. The summed E-state index contributed by atoms with van der Waals surface area (Å²) >= 11 is 0. The monoisotopic (exact) mass is 522 g/mol. The van der Waals surface area contributed by atoms with Crippen molar-refractivity contribution in [3.8, 4) is 34.2 Å². The first-order valence-electron chi connectivity index (χ1n) is 12.4. The van der Waals surface area contributed by atoms with Gasteiger partial charge in [-0.1, -0.05) is 24.3 Å². The number of amides is 2. The number of para-hydroxylation sites is 1. The molecule has 2 amide bonds. The number of rotatable bonds is 6. The Kier molecular flexibility index (Phi) is 7.25. The van der Waals surface area contributed by atoms with Crippen molar-refractivity contribution in [2.75, 3.05) is 30.7 Å². The van der Waals surface area contributed by atoms with Crippen molar-refractivity contribution in [1.29, 1.82) is 5.26 Å². The molecule has 5 N–H and O–H groups in total. The van der Waals surface area contributed by atoms with Crippen LogP contribution in [0, 0.1) is 11.3 Å². The van der Waals surface area contributed by atoms with Crippen LogP contribution >= 0.6 is 0 Å². The van der Waals surface area contributed by atoms with Crippen molar-refractivity contribution in [1.82, 2.24) is 15.2 Å². The van der Waals surface area contributed by atoms with E-state index in [9.17, 15) is 20.0 Å². The third kappa shape index (κ3) is 5.58. The lowest BCUT2D eigenvalue weighted by Gasteiger charge is -2.33. The van der Waals surface area contributed by atoms with Gasteiger partial charge in [0, 0.05) is 48.9 Å². The average Bonchev–Trinajstić information content (AvgIpc) is 3.48. The van der Waals surface area contributed by atoms with Crippen LogP contribution in [-0.4, -0.2) is 52.5 Å². The first-order chi connectivity index (χ1) is 18.9. The smallest absolute Gasteiger partial charge is 0.289 e. The number of pyridine rings is 1. The molecule has 0 spiro atoms. The van der Waals surface area contributed by atoms with E-state index >= 15 is 0 Å². The lowest BCUT2D eigenvalue weighted by atomic mass is 9.97. The second-order valence-corrected chi connectivity index (χ2v) is 9.16. The minimum absolute atomic E-state index is 0.0414. The van der Waals surface area contributed by atoms with Crippen LogP contribution in [0.3, 0.4) is 0 Å². The fraction of sp³-hybridized carbons (Fsp3) is 0.172. The van der Waals surface area contributed by atoms with Crippen molar-refractivity contribution in [2.24, 2.45) is 0 Å². The van der Waals surface area contributed by atoms with E-state index in [1.165, 1.54) is 6.26 Å². The summed E-state index contributed by atoms with van der Waals surface area (Å²) in [6.45, 7) is 1.47. The molecule has 0 radical (unpaired) electrons. The Morgan fingerprint density at radius 2 is 2.00 bits per heavy atom. The summed E-state index contributed by atoms with van der Waals surface area (Å²) in [5, 5.41) is 26.3. The van der Waals surface area contributed by atoms with E-state index in [4.69, 9.17) is 10.2 Å². The predicted molar refractivity (Wildman–Crippen MR) is 146 cm³/mol. The highest BCUT2D eigenvalue weighted by molar-refractivity contribution is 5.93. The number of nitrogen functional groups attached to an aromatic ring is 1. The van der Waals surface area contributed by atoms with Crippen molar-refractivity contribution in [3.05, 3.63) is 84.3 Å². The summed E-state index contributed by atoms with van der Waals surface area (Å²) in [6.07, 6.45) is 1.62. The van der Waals surface area contributed by atoms with Crippen molar-refractivity contribution >= 4 is 23.3 Å². The summed E-state index contributed by atoms with van der Waals surface area (Å²) in [7, 11) is 0. The van der Waals surface area contributed by atoms with Gasteiger partial charge >= 0.3 is 0 Å². The van der Waals surface area contributed by atoms with E-state index in [0.29, 0.717) is 47.7 Å². The highest BCUT2D eigenvalue weighted by Crippen LogP contribution is 2.35. The first-order valence-corrected chi connectivity index (χ1v) is 12.4. The van der Waals surface area contributed by atoms with Gasteiger partial charge in [0.05, 0.1) is 12.0 Å². The van der Waals surface area contributed by atoms with Gasteiger partial charge in [-0.15, -0.1) is 0 Å². The number of nitrogens with one attached hydrogen (secondary N) is 2. The highest BCUT2D eigenvalue weighted by atomic mass is 16.3. The molecule has 1 aliphatic heterocycles. The number of carbonyl (C=O) groups excluding carboxylic acids is 2. The Labute approximate surface area is 224 Å². The molecule has 0 bridgehead atoms. The molecule has 10 nitrogen and oxygen atoms in total. The number of nitrogens with two attached hydrogens (primary N) is 1. The topological polar surface area (TPSA) is 158 Å². The quantitative estimate of drug-likeness (QED) is 0.299. The van der Waals surface area contributed by atoms with Crippen LogP contribution in [-0.2, 0) is 4.79 Å². The molecule has 196 valence electrons. The van der Waals surface area contributed by atoms with E-state index in [1.54, 1.807) is 71.6 Å². The zero-order valence-electron chi connectivity index (χ0n) is 20.9. The number of furan rings is 1. The van der Waals surface area contributed by atoms with Crippen LogP contribution in [0.25, 0.3) is 22.4 Å². The Bertz CT molecular complexity index is 1560. The summed E-state index contributed by atoms with van der Waals surface area (Å²) < 4.78 is 5.22. The second kappa shape index (κ2) is 11.1. The maximum absolute atomic E-state index is 12.9. The number of aromatic nitrogens is 1. The Morgan fingerprint density at radius 1 is 1.15 bits per heavy atom. The normalized spacial score (nSPS) is 14.9. The second-order valence-electron chi connectivity index (χ2n) is 9.16. The molecule has 1 aliphatic rings. The largest absolute Gasteiger partial charge is 0.507 e. The Morgan fingerprint density at radius 3 is 2.77 bits per heavy atom. The summed E-state index contributed by atoms with van der Waals surface area (Å²) in [5.74, 6) is -0.0631. The lowest BCUT2D eigenvalue weighted by molar-refractivity contribution is -0.116. The van der Waals surface area contributed by atoms with Crippen LogP contribution in [0.5, 0.6) is 5.75 Å². The Hall–Kier alpha value is -5.14. The molecule has 5 rings (SSSR count). The highest BCUT2D eigenvalue weighted by Gasteiger charge is 2.27.